The van der Waals surface area contributed by atoms with Gasteiger partial charge in [0, 0.05) is 19.1 Å². The van der Waals surface area contributed by atoms with Gasteiger partial charge >= 0.3 is 0 Å². The molecule has 0 aliphatic heterocycles. The van der Waals surface area contributed by atoms with Gasteiger partial charge in [-0.2, -0.15) is 0 Å². The monoisotopic (exact) mass is 207 g/mol. The highest BCUT2D eigenvalue weighted by atomic mass is 28.4. The summed E-state index contributed by atoms with van der Waals surface area (Å²) in [6.45, 7) is 5.75. The van der Waals surface area contributed by atoms with Crippen molar-refractivity contribution in [2.45, 2.75) is 25.9 Å². The van der Waals surface area contributed by atoms with Crippen molar-refractivity contribution in [3.63, 3.8) is 0 Å². The van der Waals surface area contributed by atoms with Gasteiger partial charge in [0.15, 0.2) is 8.32 Å². The Hall–Kier alpha value is -0.593. The number of rotatable bonds is 5. The van der Waals surface area contributed by atoms with Crippen LogP contribution in [0.3, 0.4) is 0 Å². The van der Waals surface area contributed by atoms with Gasteiger partial charge in [-0.3, -0.25) is 5.21 Å². The molecule has 0 saturated carbocycles. The molecule has 0 aromatic carbocycles. The Morgan fingerprint density at radius 2 is 1.69 bits per heavy atom. The quantitative estimate of drug-likeness (QED) is 0.221. The molecule has 0 aliphatic carbocycles. The van der Waals surface area contributed by atoms with E-state index in [1.807, 2.05) is 19.6 Å². The summed E-state index contributed by atoms with van der Waals surface area (Å²) >= 11 is 0. The molecule has 0 amide bonds. The zero-order valence-electron chi connectivity index (χ0n) is 8.73. The van der Waals surface area contributed by atoms with Crippen LogP contribution in [0, 0.1) is 5.21 Å². The Labute approximate surface area is 79.6 Å². The van der Waals surface area contributed by atoms with Crippen LogP contribution < -0.4 is 0 Å². The summed E-state index contributed by atoms with van der Waals surface area (Å²) in [6, 6.07) is 0. The maximum atomic E-state index is 11.1. The number of methoxy groups -OCH3 is 2. The lowest BCUT2D eigenvalue weighted by Crippen LogP contribution is -2.32. The van der Waals surface area contributed by atoms with E-state index in [4.69, 9.17) is 14.0 Å². The minimum atomic E-state index is -1.84. The van der Waals surface area contributed by atoms with Gasteiger partial charge in [0.25, 0.3) is 6.21 Å². The van der Waals surface area contributed by atoms with E-state index in [2.05, 4.69) is 0 Å². The van der Waals surface area contributed by atoms with Crippen LogP contribution in [0.5, 0.6) is 0 Å². The predicted octanol–water partition coefficient (Wildman–Crippen LogP) is 0.953. The van der Waals surface area contributed by atoms with Crippen molar-refractivity contribution in [1.82, 2.24) is 0 Å². The summed E-state index contributed by atoms with van der Waals surface area (Å²) in [5.41, 5.74) is 0. The highest BCUT2D eigenvalue weighted by Crippen LogP contribution is 2.02. The van der Waals surface area contributed by atoms with Crippen molar-refractivity contribution in [3.8, 4) is 0 Å². The third kappa shape index (κ3) is 6.56. The molecule has 0 aromatic rings. The lowest BCUT2D eigenvalue weighted by atomic mass is 10.7. The van der Waals surface area contributed by atoms with Crippen LogP contribution in [0.4, 0.5) is 0 Å². The predicted molar refractivity (Wildman–Crippen MR) is 51.9 cm³/mol. The van der Waals surface area contributed by atoms with E-state index in [9.17, 15) is 5.21 Å². The molecule has 6 heteroatoms. The smallest absolute Gasteiger partial charge is 0.265 e. The second-order valence-corrected chi connectivity index (χ2v) is 7.89. The van der Waals surface area contributed by atoms with Crippen LogP contribution >= 0.6 is 0 Å². The Morgan fingerprint density at radius 3 is 2.00 bits per heavy atom. The molecule has 0 bridgehead atoms. The lowest BCUT2D eigenvalue weighted by Gasteiger charge is -2.19. The molecule has 5 nitrogen and oxygen atoms in total. The fraction of sp³-hybridized carbons (Fsp3) is 0.857. The fourth-order valence-electron chi connectivity index (χ4n) is 0.618. The number of hydrogen-bond acceptors (Lipinski definition) is 4. The van der Waals surface area contributed by atoms with Crippen molar-refractivity contribution >= 4 is 14.5 Å². The molecule has 0 rings (SSSR count). The normalized spacial score (nSPS) is 13.5. The van der Waals surface area contributed by atoms with E-state index in [0.717, 1.165) is 0 Å². The number of hydrogen-bond donors (Lipinski definition) is 0. The first-order chi connectivity index (χ1) is 5.89. The van der Waals surface area contributed by atoms with Crippen LogP contribution in [-0.2, 0) is 14.0 Å². The maximum Gasteiger partial charge on any atom is 0.265 e. The topological polar surface area (TPSA) is 53.8 Å². The van der Waals surface area contributed by atoms with Crippen LogP contribution in [-0.4, -0.2) is 39.9 Å². The second kappa shape index (κ2) is 5.20. The van der Waals surface area contributed by atoms with Crippen molar-refractivity contribution < 1.29 is 18.9 Å². The molecule has 0 atom stereocenters. The molecule has 0 fully saturated rings. The lowest BCUT2D eigenvalue weighted by molar-refractivity contribution is -0.702. The van der Waals surface area contributed by atoms with Gasteiger partial charge < -0.3 is 14.0 Å². The fourth-order valence-corrected chi connectivity index (χ4v) is 1.22. The second-order valence-electron chi connectivity index (χ2n) is 3.48. The Balaban J connectivity index is 4.15. The van der Waals surface area contributed by atoms with Crippen molar-refractivity contribution in [2.24, 2.45) is 0 Å². The first-order valence-corrected chi connectivity index (χ1v) is 7.36. The average molecular weight is 207 g/mol. The van der Waals surface area contributed by atoms with Gasteiger partial charge in [0.05, 0.1) is 0 Å². The first kappa shape index (κ1) is 12.4. The van der Waals surface area contributed by atoms with E-state index >= 15 is 0 Å². The maximum absolute atomic E-state index is 11.1. The third-order valence-electron chi connectivity index (χ3n) is 1.07. The van der Waals surface area contributed by atoms with Gasteiger partial charge in [-0.15, -0.1) is 0 Å². The SMILES string of the molecule is COC(/C=[N+](\[O-])O[Si](C)(C)C)OC. The number of nitrogens with zero attached hydrogens (tertiary/aromatic N) is 1. The molecular formula is C7H17NO4Si. The Bertz CT molecular complexity index is 174. The van der Waals surface area contributed by atoms with Crippen LogP contribution in [0.25, 0.3) is 0 Å². The van der Waals surface area contributed by atoms with E-state index in [1.165, 1.54) is 20.4 Å². The molecule has 0 aliphatic rings. The summed E-state index contributed by atoms with van der Waals surface area (Å²) in [5, 5.41) is 11.1. The Kier molecular flexibility index (Phi) is 4.97. The molecule has 0 aromatic heterocycles. The summed E-state index contributed by atoms with van der Waals surface area (Å²) < 4.78 is 14.7. The van der Waals surface area contributed by atoms with Gasteiger partial charge in [-0.1, -0.05) is 19.6 Å². The first-order valence-electron chi connectivity index (χ1n) is 3.95. The summed E-state index contributed by atoms with van der Waals surface area (Å²) in [4.78, 5) is 0.407. The summed E-state index contributed by atoms with van der Waals surface area (Å²) in [7, 11) is 1.06. The van der Waals surface area contributed by atoms with Crippen molar-refractivity contribution in [1.29, 1.82) is 0 Å². The highest BCUT2D eigenvalue weighted by molar-refractivity contribution is 6.69. The Morgan fingerprint density at radius 1 is 1.23 bits per heavy atom. The molecule has 13 heavy (non-hydrogen) atoms. The van der Waals surface area contributed by atoms with Crippen LogP contribution in [0.1, 0.15) is 0 Å². The van der Waals surface area contributed by atoms with Crippen molar-refractivity contribution in [3.05, 3.63) is 5.21 Å². The van der Waals surface area contributed by atoms with Gasteiger partial charge in [-0.05, 0) is 0 Å². The molecule has 0 N–H and O–H groups in total. The van der Waals surface area contributed by atoms with E-state index in [-0.39, 0.29) is 0 Å². The van der Waals surface area contributed by atoms with Crippen molar-refractivity contribution in [2.75, 3.05) is 14.2 Å². The zero-order valence-corrected chi connectivity index (χ0v) is 9.73. The summed E-state index contributed by atoms with van der Waals surface area (Å²) in [5.74, 6) is 0. The molecule has 0 saturated heterocycles. The molecule has 0 heterocycles. The number of ether oxygens (including phenoxy) is 2. The van der Waals surface area contributed by atoms with Gasteiger partial charge in [0.2, 0.25) is 6.29 Å². The molecule has 0 unspecified atom stereocenters. The minimum absolute atomic E-state index is 0.407. The molecular weight excluding hydrogens is 190 g/mol. The largest absolute Gasteiger partial charge is 0.443 e. The van der Waals surface area contributed by atoms with Crippen LogP contribution in [0.2, 0.25) is 19.6 Å². The molecule has 78 valence electrons. The minimum Gasteiger partial charge on any atom is -0.443 e. The zero-order chi connectivity index (χ0) is 10.5. The molecule has 0 radical (unpaired) electrons. The van der Waals surface area contributed by atoms with E-state index in [1.54, 1.807) is 0 Å². The van der Waals surface area contributed by atoms with Crippen LogP contribution in [0.15, 0.2) is 0 Å². The van der Waals surface area contributed by atoms with E-state index in [0.29, 0.717) is 4.90 Å². The average Bonchev–Trinajstić information content (AvgIpc) is 1.96. The summed E-state index contributed by atoms with van der Waals surface area (Å²) in [6.07, 6.45) is 0.534. The van der Waals surface area contributed by atoms with Gasteiger partial charge in [0.1, 0.15) is 0 Å². The highest BCUT2D eigenvalue weighted by Gasteiger charge is 2.16. The molecule has 0 spiro atoms. The third-order valence-corrected chi connectivity index (χ3v) is 1.80. The van der Waals surface area contributed by atoms with Gasteiger partial charge in [-0.25, -0.2) is 0 Å². The van der Waals surface area contributed by atoms with E-state index < -0.39 is 14.6 Å². The standard InChI is InChI=1S/C7H17NO4Si/c1-10-7(11-2)6-8(9)12-13(3,4)5/h6-7H,1-5H3/b8-6+.